The summed E-state index contributed by atoms with van der Waals surface area (Å²) in [6.07, 6.45) is 1.01. The number of carbonyl (C=O) groups is 1. The van der Waals surface area contributed by atoms with Crippen molar-refractivity contribution >= 4 is 52.7 Å². The summed E-state index contributed by atoms with van der Waals surface area (Å²) in [7, 11) is 0. The van der Waals surface area contributed by atoms with Gasteiger partial charge in [0.05, 0.1) is 22.0 Å². The molecular formula is C10H6Cl3FN2O2. The number of aliphatic carboxylic acids is 1. The lowest BCUT2D eigenvalue weighted by Gasteiger charge is -2.01. The number of hydrogen-bond donors (Lipinski definition) is 2. The number of benzene rings is 1. The minimum Gasteiger partial charge on any atom is -0.477 e. The summed E-state index contributed by atoms with van der Waals surface area (Å²) in [6.45, 7) is 0. The molecule has 1 aromatic carbocycles. The van der Waals surface area contributed by atoms with Crippen LogP contribution in [0, 0.1) is 5.82 Å². The molecule has 96 valence electrons. The topological polar surface area (TPSA) is 61.7 Å². The van der Waals surface area contributed by atoms with Gasteiger partial charge in [-0.3, -0.25) is 5.43 Å². The molecule has 4 nitrogen and oxygen atoms in total. The first-order valence-electron chi connectivity index (χ1n) is 4.44. The second-order valence-electron chi connectivity index (χ2n) is 2.97. The highest BCUT2D eigenvalue weighted by Gasteiger charge is 2.07. The standard InChI is InChI=1S/C10H6Cl3FN2O2/c11-6-3-5(1-2-8(6)14)16-15-4-7(12)9(13)10(17)18/h1-4,16H,(H,17,18)/b9-7+,15-4+. The molecule has 0 saturated heterocycles. The van der Waals surface area contributed by atoms with Crippen LogP contribution < -0.4 is 5.43 Å². The predicted octanol–water partition coefficient (Wildman–Crippen LogP) is 3.65. The average molecular weight is 312 g/mol. The van der Waals surface area contributed by atoms with Crippen molar-refractivity contribution in [3.63, 3.8) is 0 Å². The fourth-order valence-corrected chi connectivity index (χ4v) is 1.25. The van der Waals surface area contributed by atoms with Crippen molar-refractivity contribution in [3.05, 3.63) is 39.1 Å². The first-order valence-corrected chi connectivity index (χ1v) is 5.58. The van der Waals surface area contributed by atoms with Crippen LogP contribution in [0.1, 0.15) is 0 Å². The lowest BCUT2D eigenvalue weighted by atomic mass is 10.3. The fourth-order valence-electron chi connectivity index (χ4n) is 0.888. The summed E-state index contributed by atoms with van der Waals surface area (Å²) in [4.78, 5) is 10.4. The molecule has 1 aromatic rings. The molecule has 0 heterocycles. The zero-order chi connectivity index (χ0) is 13.7. The van der Waals surface area contributed by atoms with Gasteiger partial charge >= 0.3 is 5.97 Å². The number of carboxylic acids is 1. The van der Waals surface area contributed by atoms with Crippen molar-refractivity contribution in [1.82, 2.24) is 0 Å². The van der Waals surface area contributed by atoms with Gasteiger partial charge in [0.25, 0.3) is 0 Å². The van der Waals surface area contributed by atoms with E-state index in [1.807, 2.05) is 0 Å². The van der Waals surface area contributed by atoms with Gasteiger partial charge in [-0.2, -0.15) is 5.10 Å². The Kier molecular flexibility index (Phi) is 5.40. The van der Waals surface area contributed by atoms with E-state index in [2.05, 4.69) is 10.5 Å². The minimum atomic E-state index is -1.36. The van der Waals surface area contributed by atoms with Crippen LogP contribution >= 0.6 is 34.8 Å². The van der Waals surface area contributed by atoms with E-state index in [0.29, 0.717) is 5.69 Å². The molecular weight excluding hydrogens is 305 g/mol. The van der Waals surface area contributed by atoms with Crippen LogP contribution in [0.2, 0.25) is 5.02 Å². The molecule has 0 bridgehead atoms. The molecule has 0 aliphatic heterocycles. The largest absolute Gasteiger partial charge is 0.477 e. The predicted molar refractivity (Wildman–Crippen MR) is 69.9 cm³/mol. The molecule has 18 heavy (non-hydrogen) atoms. The van der Waals surface area contributed by atoms with Crippen molar-refractivity contribution in [2.24, 2.45) is 5.10 Å². The molecule has 2 N–H and O–H groups in total. The van der Waals surface area contributed by atoms with Crippen molar-refractivity contribution < 1.29 is 14.3 Å². The zero-order valence-electron chi connectivity index (χ0n) is 8.62. The van der Waals surface area contributed by atoms with Gasteiger partial charge < -0.3 is 5.11 Å². The summed E-state index contributed by atoms with van der Waals surface area (Å²) in [5.41, 5.74) is 2.90. The maximum Gasteiger partial charge on any atom is 0.348 e. The van der Waals surface area contributed by atoms with Gasteiger partial charge in [0.2, 0.25) is 0 Å². The number of halogens is 4. The van der Waals surface area contributed by atoms with E-state index in [1.165, 1.54) is 12.1 Å². The number of anilines is 1. The van der Waals surface area contributed by atoms with E-state index in [0.717, 1.165) is 12.3 Å². The Bertz CT molecular complexity index is 532. The fraction of sp³-hybridized carbons (Fsp3) is 0. The monoisotopic (exact) mass is 310 g/mol. The Morgan fingerprint density at radius 1 is 1.44 bits per heavy atom. The molecule has 0 aliphatic rings. The second kappa shape index (κ2) is 6.58. The Hall–Kier alpha value is -1.30. The summed E-state index contributed by atoms with van der Waals surface area (Å²) in [5.74, 6) is -1.92. The lowest BCUT2D eigenvalue weighted by Crippen LogP contribution is -1.98. The molecule has 0 unspecified atom stereocenters. The highest BCUT2D eigenvalue weighted by atomic mass is 35.5. The van der Waals surface area contributed by atoms with Crippen LogP contribution in [0.4, 0.5) is 10.1 Å². The number of nitrogens with zero attached hydrogens (tertiary/aromatic N) is 1. The van der Waals surface area contributed by atoms with Gasteiger partial charge in [0, 0.05) is 0 Å². The zero-order valence-corrected chi connectivity index (χ0v) is 10.9. The molecule has 0 spiro atoms. The Morgan fingerprint density at radius 2 is 2.11 bits per heavy atom. The Labute approximate surface area is 117 Å². The molecule has 0 aromatic heterocycles. The number of nitrogens with one attached hydrogen (secondary N) is 1. The van der Waals surface area contributed by atoms with Crippen LogP contribution in [0.3, 0.4) is 0 Å². The second-order valence-corrected chi connectivity index (χ2v) is 4.16. The molecule has 0 atom stereocenters. The maximum absolute atomic E-state index is 12.8. The Morgan fingerprint density at radius 3 is 2.67 bits per heavy atom. The molecule has 0 amide bonds. The van der Waals surface area contributed by atoms with E-state index >= 15 is 0 Å². The third-order valence-corrected chi connectivity index (χ3v) is 2.73. The van der Waals surface area contributed by atoms with E-state index in [1.54, 1.807) is 0 Å². The SMILES string of the molecule is O=C(O)/C(Cl)=C(Cl)/C=N/Nc1ccc(F)c(Cl)c1. The first-order chi connectivity index (χ1) is 8.41. The van der Waals surface area contributed by atoms with Gasteiger partial charge in [0.15, 0.2) is 0 Å². The molecule has 0 aliphatic carbocycles. The summed E-state index contributed by atoms with van der Waals surface area (Å²) in [6, 6.07) is 3.86. The van der Waals surface area contributed by atoms with E-state index in [-0.39, 0.29) is 10.1 Å². The smallest absolute Gasteiger partial charge is 0.348 e. The van der Waals surface area contributed by atoms with Crippen LogP contribution in [0.25, 0.3) is 0 Å². The summed E-state index contributed by atoms with van der Waals surface area (Å²) < 4.78 is 12.8. The average Bonchev–Trinajstić information content (AvgIpc) is 2.32. The summed E-state index contributed by atoms with van der Waals surface area (Å²) in [5, 5.41) is 11.3. The van der Waals surface area contributed by atoms with E-state index in [9.17, 15) is 9.18 Å². The quantitative estimate of drug-likeness (QED) is 0.507. The number of carboxylic acid groups (broad SMARTS) is 1. The number of hydrogen-bond acceptors (Lipinski definition) is 3. The van der Waals surface area contributed by atoms with Gasteiger partial charge in [-0.05, 0) is 18.2 Å². The van der Waals surface area contributed by atoms with Gasteiger partial charge in [0.1, 0.15) is 10.8 Å². The Balaban J connectivity index is 2.73. The minimum absolute atomic E-state index is 0.0691. The van der Waals surface area contributed by atoms with Crippen LogP contribution in [-0.2, 0) is 4.79 Å². The van der Waals surface area contributed by atoms with Gasteiger partial charge in [-0.15, -0.1) is 0 Å². The van der Waals surface area contributed by atoms with Crippen LogP contribution in [0.15, 0.2) is 33.4 Å². The van der Waals surface area contributed by atoms with Crippen molar-refractivity contribution in [1.29, 1.82) is 0 Å². The normalized spacial score (nSPS) is 12.4. The molecule has 0 saturated carbocycles. The van der Waals surface area contributed by atoms with E-state index in [4.69, 9.17) is 39.9 Å². The van der Waals surface area contributed by atoms with Crippen molar-refractivity contribution in [2.75, 3.05) is 5.43 Å². The number of rotatable bonds is 4. The van der Waals surface area contributed by atoms with Crippen LogP contribution in [0.5, 0.6) is 0 Å². The highest BCUT2D eigenvalue weighted by molar-refractivity contribution is 6.51. The third kappa shape index (κ3) is 4.18. The lowest BCUT2D eigenvalue weighted by molar-refractivity contribution is -0.131. The number of hydrazone groups is 1. The number of allylic oxidation sites excluding steroid dienone is 1. The third-order valence-electron chi connectivity index (χ3n) is 1.69. The van der Waals surface area contributed by atoms with Crippen LogP contribution in [-0.4, -0.2) is 17.3 Å². The molecule has 1 rings (SSSR count). The van der Waals surface area contributed by atoms with Gasteiger partial charge in [-0.25, -0.2) is 9.18 Å². The maximum atomic E-state index is 12.8. The summed E-state index contributed by atoms with van der Waals surface area (Å²) >= 11 is 16.4. The molecule has 0 fully saturated rings. The molecule has 0 radical (unpaired) electrons. The molecule has 8 heteroatoms. The van der Waals surface area contributed by atoms with E-state index < -0.39 is 16.8 Å². The highest BCUT2D eigenvalue weighted by Crippen LogP contribution is 2.19. The first kappa shape index (κ1) is 14.8. The van der Waals surface area contributed by atoms with Crippen molar-refractivity contribution in [3.8, 4) is 0 Å². The van der Waals surface area contributed by atoms with Crippen molar-refractivity contribution in [2.45, 2.75) is 0 Å². The van der Waals surface area contributed by atoms with Gasteiger partial charge in [-0.1, -0.05) is 34.8 Å².